The van der Waals surface area contributed by atoms with Gasteiger partial charge in [0.05, 0.1) is 12.5 Å². The van der Waals surface area contributed by atoms with E-state index in [4.69, 9.17) is 4.42 Å². The van der Waals surface area contributed by atoms with E-state index in [2.05, 4.69) is 0 Å². The molecule has 0 aliphatic rings. The Morgan fingerprint density at radius 2 is 1.87 bits per heavy atom. The zero-order chi connectivity index (χ0) is 10.7. The highest BCUT2D eigenvalue weighted by Crippen LogP contribution is 2.24. The number of hydrogen-bond donors (Lipinski definition) is 1. The molecule has 1 N–H and O–H groups in total. The summed E-state index contributed by atoms with van der Waals surface area (Å²) in [7, 11) is 0. The largest absolute Gasteiger partial charge is 0.472 e. The van der Waals surface area contributed by atoms with Gasteiger partial charge in [0.2, 0.25) is 0 Å². The lowest BCUT2D eigenvalue weighted by atomic mass is 10.0. The lowest BCUT2D eigenvalue weighted by molar-refractivity contribution is 0.219. The highest BCUT2D eigenvalue weighted by molar-refractivity contribution is 7.98. The third kappa shape index (κ3) is 2.25. The Labute approximate surface area is 92.9 Å². The number of aliphatic hydroxyl groups is 1. The Balaban J connectivity index is 2.22. The predicted octanol–water partition coefficient (Wildman–Crippen LogP) is 3.08. The van der Waals surface area contributed by atoms with Gasteiger partial charge >= 0.3 is 0 Å². The normalized spacial score (nSPS) is 12.7. The molecule has 2 aromatic rings. The van der Waals surface area contributed by atoms with Gasteiger partial charge in [0.25, 0.3) is 0 Å². The first-order valence-electron chi connectivity index (χ1n) is 4.65. The Hall–Kier alpha value is -1.19. The van der Waals surface area contributed by atoms with Crippen LogP contribution in [0, 0.1) is 0 Å². The van der Waals surface area contributed by atoms with Gasteiger partial charge in [-0.2, -0.15) is 0 Å². The highest BCUT2D eigenvalue weighted by atomic mass is 32.2. The maximum absolute atomic E-state index is 9.98. The third-order valence-corrected chi connectivity index (χ3v) is 3.03. The molecule has 0 fully saturated rings. The van der Waals surface area contributed by atoms with Gasteiger partial charge in [-0.25, -0.2) is 0 Å². The molecule has 1 aromatic heterocycles. The monoisotopic (exact) mass is 220 g/mol. The summed E-state index contributed by atoms with van der Waals surface area (Å²) in [6.45, 7) is 0. The lowest BCUT2D eigenvalue weighted by Crippen LogP contribution is -1.97. The molecule has 3 heteroatoms. The summed E-state index contributed by atoms with van der Waals surface area (Å²) < 4.78 is 4.94. The summed E-state index contributed by atoms with van der Waals surface area (Å²) in [5, 5.41) is 9.98. The number of rotatable bonds is 3. The first-order valence-corrected chi connectivity index (χ1v) is 5.88. The van der Waals surface area contributed by atoms with Crippen LogP contribution in [0.5, 0.6) is 0 Å². The zero-order valence-corrected chi connectivity index (χ0v) is 9.20. The first kappa shape index (κ1) is 10.3. The molecule has 1 aromatic carbocycles. The van der Waals surface area contributed by atoms with Crippen LogP contribution >= 0.6 is 11.8 Å². The van der Waals surface area contributed by atoms with Crippen molar-refractivity contribution < 1.29 is 9.52 Å². The van der Waals surface area contributed by atoms with Gasteiger partial charge in [-0.3, -0.25) is 0 Å². The van der Waals surface area contributed by atoms with E-state index in [-0.39, 0.29) is 0 Å². The molecular weight excluding hydrogens is 208 g/mol. The van der Waals surface area contributed by atoms with Crippen LogP contribution in [-0.2, 0) is 0 Å². The molecule has 78 valence electrons. The van der Waals surface area contributed by atoms with Crippen LogP contribution in [0.15, 0.2) is 52.2 Å². The van der Waals surface area contributed by atoms with Gasteiger partial charge in [-0.05, 0) is 30.0 Å². The summed E-state index contributed by atoms with van der Waals surface area (Å²) in [4.78, 5) is 1.19. The van der Waals surface area contributed by atoms with Crippen molar-refractivity contribution in [2.24, 2.45) is 0 Å². The van der Waals surface area contributed by atoms with Crippen LogP contribution in [0.2, 0.25) is 0 Å². The molecule has 0 bridgehead atoms. The number of aliphatic hydroxyl groups excluding tert-OH is 1. The fraction of sp³-hybridized carbons (Fsp3) is 0.167. The van der Waals surface area contributed by atoms with Crippen molar-refractivity contribution in [1.29, 1.82) is 0 Å². The summed E-state index contributed by atoms with van der Waals surface area (Å²) >= 11 is 1.69. The average molecular weight is 220 g/mol. The molecule has 1 heterocycles. The number of hydrogen-bond acceptors (Lipinski definition) is 3. The van der Waals surface area contributed by atoms with E-state index in [9.17, 15) is 5.11 Å². The van der Waals surface area contributed by atoms with Crippen molar-refractivity contribution >= 4 is 11.8 Å². The predicted molar refractivity (Wildman–Crippen MR) is 61.0 cm³/mol. The molecular formula is C12H12O2S. The zero-order valence-electron chi connectivity index (χ0n) is 8.38. The molecule has 0 amide bonds. The molecule has 0 saturated heterocycles. The first-order chi connectivity index (χ1) is 7.31. The fourth-order valence-corrected chi connectivity index (χ4v) is 1.82. The van der Waals surface area contributed by atoms with E-state index in [1.165, 1.54) is 4.90 Å². The van der Waals surface area contributed by atoms with Gasteiger partial charge in [0, 0.05) is 10.5 Å². The smallest absolute Gasteiger partial charge is 0.107 e. The van der Waals surface area contributed by atoms with E-state index >= 15 is 0 Å². The Kier molecular flexibility index (Phi) is 3.14. The van der Waals surface area contributed by atoms with Gasteiger partial charge in [0.1, 0.15) is 6.10 Å². The molecule has 2 nitrogen and oxygen atoms in total. The van der Waals surface area contributed by atoms with Crippen LogP contribution in [0.1, 0.15) is 17.2 Å². The molecule has 0 spiro atoms. The summed E-state index contributed by atoms with van der Waals surface area (Å²) in [6.07, 6.45) is 4.56. The quantitative estimate of drug-likeness (QED) is 0.807. The van der Waals surface area contributed by atoms with Crippen molar-refractivity contribution in [2.45, 2.75) is 11.0 Å². The highest BCUT2D eigenvalue weighted by Gasteiger charge is 2.10. The SMILES string of the molecule is CSc1ccc([C@H](O)c2ccoc2)cc1. The Morgan fingerprint density at radius 1 is 1.13 bits per heavy atom. The standard InChI is InChI=1S/C12H12O2S/c1-15-11-4-2-9(3-5-11)12(13)10-6-7-14-8-10/h2-8,12-13H,1H3/t12-/m0/s1. The second-order valence-corrected chi connectivity index (χ2v) is 4.11. The van der Waals surface area contributed by atoms with Crippen LogP contribution in [0.3, 0.4) is 0 Å². The molecule has 15 heavy (non-hydrogen) atoms. The molecule has 0 aliphatic heterocycles. The topological polar surface area (TPSA) is 33.4 Å². The maximum Gasteiger partial charge on any atom is 0.107 e. The van der Waals surface area contributed by atoms with Gasteiger partial charge in [-0.1, -0.05) is 12.1 Å². The van der Waals surface area contributed by atoms with Crippen LogP contribution in [-0.4, -0.2) is 11.4 Å². The van der Waals surface area contributed by atoms with E-state index in [0.29, 0.717) is 0 Å². The molecule has 0 unspecified atom stereocenters. The van der Waals surface area contributed by atoms with Crippen molar-refractivity contribution in [2.75, 3.05) is 6.26 Å². The molecule has 2 rings (SSSR count). The summed E-state index contributed by atoms with van der Waals surface area (Å²) in [5.41, 5.74) is 1.67. The molecule has 0 saturated carbocycles. The minimum atomic E-state index is -0.598. The van der Waals surface area contributed by atoms with Crippen LogP contribution in [0.4, 0.5) is 0 Å². The number of thioether (sulfide) groups is 1. The van der Waals surface area contributed by atoms with Crippen molar-refractivity contribution in [3.8, 4) is 0 Å². The maximum atomic E-state index is 9.98. The molecule has 0 aliphatic carbocycles. The summed E-state index contributed by atoms with van der Waals surface area (Å²) in [5.74, 6) is 0. The van der Waals surface area contributed by atoms with Crippen molar-refractivity contribution in [3.05, 3.63) is 54.0 Å². The molecule has 1 atom stereocenters. The number of benzene rings is 1. The van der Waals surface area contributed by atoms with Crippen molar-refractivity contribution in [1.82, 2.24) is 0 Å². The molecule has 0 radical (unpaired) electrons. The van der Waals surface area contributed by atoms with Crippen LogP contribution in [0.25, 0.3) is 0 Å². The average Bonchev–Trinajstić information content (AvgIpc) is 2.82. The van der Waals surface area contributed by atoms with E-state index < -0.39 is 6.10 Å². The fourth-order valence-electron chi connectivity index (χ4n) is 1.41. The van der Waals surface area contributed by atoms with E-state index in [1.54, 1.807) is 30.4 Å². The van der Waals surface area contributed by atoms with Gasteiger partial charge in [0.15, 0.2) is 0 Å². The minimum absolute atomic E-state index is 0.598. The Morgan fingerprint density at radius 3 is 2.40 bits per heavy atom. The second kappa shape index (κ2) is 4.55. The van der Waals surface area contributed by atoms with Crippen molar-refractivity contribution in [3.63, 3.8) is 0 Å². The third-order valence-electron chi connectivity index (χ3n) is 2.29. The number of furan rings is 1. The minimum Gasteiger partial charge on any atom is -0.472 e. The van der Waals surface area contributed by atoms with E-state index in [1.807, 2.05) is 30.5 Å². The lowest BCUT2D eigenvalue weighted by Gasteiger charge is -2.08. The second-order valence-electron chi connectivity index (χ2n) is 3.23. The van der Waals surface area contributed by atoms with Crippen LogP contribution < -0.4 is 0 Å². The summed E-state index contributed by atoms with van der Waals surface area (Å²) in [6, 6.07) is 9.65. The van der Waals surface area contributed by atoms with Gasteiger partial charge < -0.3 is 9.52 Å². The van der Waals surface area contributed by atoms with E-state index in [0.717, 1.165) is 11.1 Å². The van der Waals surface area contributed by atoms with Gasteiger partial charge in [-0.15, -0.1) is 11.8 Å². The Bertz CT molecular complexity index is 406.